The van der Waals surface area contributed by atoms with Crippen molar-refractivity contribution in [2.24, 2.45) is 0 Å². The molecule has 1 aliphatic rings. The molecule has 0 saturated carbocycles. The van der Waals surface area contributed by atoms with Gasteiger partial charge < -0.3 is 20.1 Å². The third kappa shape index (κ3) is 3.07. The summed E-state index contributed by atoms with van der Waals surface area (Å²) in [5.74, 6) is -2.46. The van der Waals surface area contributed by atoms with Gasteiger partial charge in [0, 0.05) is 0 Å². The largest absolute Gasteiger partial charge is 0.548 e. The van der Waals surface area contributed by atoms with Gasteiger partial charge in [0.2, 0.25) is 0 Å². The summed E-state index contributed by atoms with van der Waals surface area (Å²) in [6.07, 6.45) is 1.66. The van der Waals surface area contributed by atoms with Crippen molar-refractivity contribution in [1.29, 1.82) is 0 Å². The van der Waals surface area contributed by atoms with Gasteiger partial charge in [0.1, 0.15) is 4.32 Å². The maximum absolute atomic E-state index is 12.3. The second-order valence-electron chi connectivity index (χ2n) is 4.54. The molecule has 1 fully saturated rings. The number of phenols is 2. The van der Waals surface area contributed by atoms with Gasteiger partial charge in [0.25, 0.3) is 5.91 Å². The highest BCUT2D eigenvalue weighted by atomic mass is 32.2. The fourth-order valence-electron chi connectivity index (χ4n) is 1.98. The number of thiocarbonyl (C=S) groups is 1. The Morgan fingerprint density at radius 1 is 1.45 bits per heavy atom. The zero-order chi connectivity index (χ0) is 16.4. The van der Waals surface area contributed by atoms with Gasteiger partial charge in [-0.25, -0.2) is 0 Å². The molecule has 116 valence electrons. The number of hydrogen-bond acceptors (Lipinski definition) is 7. The molecule has 2 N–H and O–H groups in total. The summed E-state index contributed by atoms with van der Waals surface area (Å²) in [5.41, 5.74) is 0.484. The van der Waals surface area contributed by atoms with Crippen LogP contribution < -0.4 is 5.11 Å². The van der Waals surface area contributed by atoms with Crippen molar-refractivity contribution in [1.82, 2.24) is 4.90 Å². The predicted molar refractivity (Wildman–Crippen MR) is 83.9 cm³/mol. The molecule has 0 unspecified atom stereocenters. The lowest BCUT2D eigenvalue weighted by atomic mass is 10.1. The summed E-state index contributed by atoms with van der Waals surface area (Å²) >= 11 is 6.05. The van der Waals surface area contributed by atoms with E-state index in [2.05, 4.69) is 0 Å². The number of benzene rings is 1. The lowest BCUT2D eigenvalue weighted by Crippen LogP contribution is -2.49. The van der Waals surface area contributed by atoms with Crippen LogP contribution in [0, 0.1) is 0 Å². The Hall–Kier alpha value is -2.06. The Balaban J connectivity index is 2.33. The van der Waals surface area contributed by atoms with Crippen molar-refractivity contribution in [3.63, 3.8) is 0 Å². The maximum Gasteiger partial charge on any atom is 0.266 e. The average molecular weight is 338 g/mol. The number of thioether (sulfide) groups is 1. The molecule has 1 aliphatic heterocycles. The number of carboxylic acids is 1. The number of carbonyl (C=O) groups is 2. The van der Waals surface area contributed by atoms with Gasteiger partial charge in [0.15, 0.2) is 11.5 Å². The Kier molecular flexibility index (Phi) is 4.72. The molecule has 0 bridgehead atoms. The third-order valence-corrected chi connectivity index (χ3v) is 4.42. The molecule has 1 aromatic carbocycles. The SMILES string of the molecule is CC[C@H](C(=O)[O-])N1C(=O)/C(=C\c2ccc(O)c(O)c2)SC1=S. The van der Waals surface area contributed by atoms with Crippen molar-refractivity contribution in [3.05, 3.63) is 28.7 Å². The number of carboxylic acid groups (broad SMARTS) is 1. The maximum atomic E-state index is 12.3. The van der Waals surface area contributed by atoms with Gasteiger partial charge in [-0.15, -0.1) is 0 Å². The monoisotopic (exact) mass is 338 g/mol. The van der Waals surface area contributed by atoms with Crippen LogP contribution in [0.4, 0.5) is 0 Å². The van der Waals surface area contributed by atoms with E-state index in [0.717, 1.165) is 16.7 Å². The van der Waals surface area contributed by atoms with E-state index in [1.807, 2.05) is 0 Å². The first-order valence-electron chi connectivity index (χ1n) is 6.35. The van der Waals surface area contributed by atoms with Gasteiger partial charge in [-0.1, -0.05) is 37.0 Å². The van der Waals surface area contributed by atoms with E-state index in [1.54, 1.807) is 6.92 Å². The first kappa shape index (κ1) is 16.3. The minimum Gasteiger partial charge on any atom is -0.548 e. The molecule has 1 atom stereocenters. The summed E-state index contributed by atoms with van der Waals surface area (Å²) < 4.78 is 0.148. The van der Waals surface area contributed by atoms with E-state index >= 15 is 0 Å². The van der Waals surface area contributed by atoms with Crippen molar-refractivity contribution >= 4 is 46.3 Å². The molecule has 8 heteroatoms. The van der Waals surface area contributed by atoms with E-state index in [0.29, 0.717) is 5.56 Å². The standard InChI is InChI=1S/C14H13NO5S2/c1-2-8(13(19)20)15-12(18)11(22-14(15)21)6-7-3-4-9(16)10(17)5-7/h3-6,8,16-17H,2H2,1H3,(H,19,20)/p-1/b11-6+/t8-/m1/s1. The molecule has 0 aliphatic carbocycles. The van der Waals surface area contributed by atoms with Gasteiger partial charge in [-0.05, 0) is 30.2 Å². The molecule has 1 saturated heterocycles. The average Bonchev–Trinajstić information content (AvgIpc) is 2.71. The number of phenolic OH excluding ortho intramolecular Hbond substituents is 2. The van der Waals surface area contributed by atoms with Crippen LogP contribution in [0.25, 0.3) is 6.08 Å². The minimum atomic E-state index is -1.36. The molecule has 1 aromatic rings. The van der Waals surface area contributed by atoms with E-state index in [4.69, 9.17) is 12.2 Å². The van der Waals surface area contributed by atoms with Crippen molar-refractivity contribution in [3.8, 4) is 11.5 Å². The molecule has 0 radical (unpaired) electrons. The van der Waals surface area contributed by atoms with Crippen LogP contribution in [-0.2, 0) is 9.59 Å². The molecule has 0 spiro atoms. The molecular weight excluding hydrogens is 326 g/mol. The number of amides is 1. The summed E-state index contributed by atoms with van der Waals surface area (Å²) in [6, 6.07) is 2.99. The number of rotatable bonds is 4. The van der Waals surface area contributed by atoms with Gasteiger partial charge in [0.05, 0.1) is 16.9 Å². The lowest BCUT2D eigenvalue weighted by Gasteiger charge is -2.26. The molecule has 1 amide bonds. The minimum absolute atomic E-state index is 0.148. The Bertz CT molecular complexity index is 686. The van der Waals surface area contributed by atoms with Crippen molar-refractivity contribution < 1.29 is 24.9 Å². The summed E-state index contributed by atoms with van der Waals surface area (Å²) in [6.45, 7) is 1.63. The normalized spacial score (nSPS) is 18.0. The fourth-order valence-corrected chi connectivity index (χ4v) is 3.34. The second-order valence-corrected chi connectivity index (χ2v) is 6.22. The molecule has 1 heterocycles. The van der Waals surface area contributed by atoms with Gasteiger partial charge in [-0.2, -0.15) is 0 Å². The summed E-state index contributed by atoms with van der Waals surface area (Å²) in [5, 5.41) is 29.8. The number of aromatic hydroxyl groups is 2. The van der Waals surface area contributed by atoms with Gasteiger partial charge >= 0.3 is 0 Å². The number of aliphatic carboxylic acids is 1. The van der Waals surface area contributed by atoms with E-state index < -0.39 is 17.9 Å². The zero-order valence-electron chi connectivity index (χ0n) is 11.5. The first-order chi connectivity index (χ1) is 10.3. The van der Waals surface area contributed by atoms with Crippen LogP contribution in [0.1, 0.15) is 18.9 Å². The Labute approximate surface area is 136 Å². The number of nitrogens with zero attached hydrogens (tertiary/aromatic N) is 1. The van der Waals surface area contributed by atoms with Crippen LogP contribution in [0.15, 0.2) is 23.1 Å². The topological polar surface area (TPSA) is 101 Å². The predicted octanol–water partition coefficient (Wildman–Crippen LogP) is 0.828. The molecule has 22 heavy (non-hydrogen) atoms. The van der Waals surface area contributed by atoms with Crippen molar-refractivity contribution in [2.75, 3.05) is 0 Å². The second kappa shape index (κ2) is 6.37. The summed E-state index contributed by atoms with van der Waals surface area (Å²) in [7, 11) is 0. The van der Waals surface area contributed by atoms with Gasteiger partial charge in [-0.3, -0.25) is 9.69 Å². The highest BCUT2D eigenvalue weighted by molar-refractivity contribution is 8.26. The smallest absolute Gasteiger partial charge is 0.266 e. The first-order valence-corrected chi connectivity index (χ1v) is 7.57. The van der Waals surface area contributed by atoms with E-state index in [-0.39, 0.29) is 27.1 Å². The summed E-state index contributed by atoms with van der Waals surface area (Å²) in [4.78, 5) is 24.7. The molecule has 0 aromatic heterocycles. The van der Waals surface area contributed by atoms with Crippen LogP contribution in [0.2, 0.25) is 0 Å². The highest BCUT2D eigenvalue weighted by Crippen LogP contribution is 2.35. The lowest BCUT2D eigenvalue weighted by molar-refractivity contribution is -0.310. The molecule has 6 nitrogen and oxygen atoms in total. The van der Waals surface area contributed by atoms with Crippen LogP contribution >= 0.6 is 24.0 Å². The van der Waals surface area contributed by atoms with Crippen LogP contribution in [-0.4, -0.2) is 37.4 Å². The quantitative estimate of drug-likeness (QED) is 0.476. The Morgan fingerprint density at radius 2 is 2.14 bits per heavy atom. The van der Waals surface area contributed by atoms with Crippen LogP contribution in [0.3, 0.4) is 0 Å². The van der Waals surface area contributed by atoms with E-state index in [9.17, 15) is 24.9 Å². The molecule has 2 rings (SSSR count). The van der Waals surface area contributed by atoms with Crippen molar-refractivity contribution in [2.45, 2.75) is 19.4 Å². The van der Waals surface area contributed by atoms with Crippen LogP contribution in [0.5, 0.6) is 11.5 Å². The number of hydrogen-bond donors (Lipinski definition) is 2. The molecular formula is C14H12NO5S2-. The third-order valence-electron chi connectivity index (χ3n) is 3.09. The highest BCUT2D eigenvalue weighted by Gasteiger charge is 2.36. The van der Waals surface area contributed by atoms with E-state index in [1.165, 1.54) is 24.3 Å². The number of carbonyl (C=O) groups excluding carboxylic acids is 2. The Morgan fingerprint density at radius 3 is 2.68 bits per heavy atom. The zero-order valence-corrected chi connectivity index (χ0v) is 13.1. The fraction of sp³-hybridized carbons (Fsp3) is 0.214.